The van der Waals surface area contributed by atoms with Gasteiger partial charge in [-0.05, 0) is 22.9 Å². The summed E-state index contributed by atoms with van der Waals surface area (Å²) in [7, 11) is 0. The summed E-state index contributed by atoms with van der Waals surface area (Å²) in [4.78, 5) is 22.6. The van der Waals surface area contributed by atoms with Crippen molar-refractivity contribution in [2.45, 2.75) is 6.42 Å². The van der Waals surface area contributed by atoms with Crippen molar-refractivity contribution in [1.29, 1.82) is 0 Å². The van der Waals surface area contributed by atoms with Crippen LogP contribution in [0.15, 0.2) is 66.7 Å². The highest BCUT2D eigenvalue weighted by molar-refractivity contribution is 6.00. The molecule has 24 heavy (non-hydrogen) atoms. The van der Waals surface area contributed by atoms with Crippen LogP contribution in [0.1, 0.15) is 16.8 Å². The Labute approximate surface area is 139 Å². The van der Waals surface area contributed by atoms with Gasteiger partial charge in [-0.1, -0.05) is 42.5 Å². The fourth-order valence-electron chi connectivity index (χ4n) is 2.56. The van der Waals surface area contributed by atoms with Crippen molar-refractivity contribution in [3.63, 3.8) is 0 Å². The van der Waals surface area contributed by atoms with Crippen molar-refractivity contribution in [2.75, 3.05) is 11.9 Å². The number of nitro benzene ring substituents is 1. The van der Waals surface area contributed by atoms with Crippen molar-refractivity contribution < 1.29 is 9.72 Å². The highest BCUT2D eigenvalue weighted by atomic mass is 16.6. The maximum Gasteiger partial charge on any atom is 0.271 e. The number of anilines is 1. The summed E-state index contributed by atoms with van der Waals surface area (Å²) in [5.41, 5.74) is 1.34. The minimum atomic E-state index is -0.439. The van der Waals surface area contributed by atoms with E-state index in [0.717, 1.165) is 10.8 Å². The summed E-state index contributed by atoms with van der Waals surface area (Å²) in [6, 6.07) is 19.8. The average Bonchev–Trinajstić information content (AvgIpc) is 2.61. The molecule has 0 fully saturated rings. The van der Waals surface area contributed by atoms with Gasteiger partial charge in [0.25, 0.3) is 5.69 Å². The van der Waals surface area contributed by atoms with Gasteiger partial charge in [0, 0.05) is 36.3 Å². The summed E-state index contributed by atoms with van der Waals surface area (Å²) >= 11 is 0. The van der Waals surface area contributed by atoms with Gasteiger partial charge in [-0.15, -0.1) is 0 Å². The average molecular weight is 320 g/mol. The van der Waals surface area contributed by atoms with Crippen LogP contribution in [0.4, 0.5) is 11.4 Å². The van der Waals surface area contributed by atoms with E-state index < -0.39 is 4.92 Å². The smallest absolute Gasteiger partial charge is 0.271 e. The normalized spacial score (nSPS) is 10.5. The first-order chi connectivity index (χ1) is 11.6. The van der Waals surface area contributed by atoms with Crippen LogP contribution in [-0.2, 0) is 0 Å². The second-order valence-electron chi connectivity index (χ2n) is 5.47. The molecule has 5 nitrogen and oxygen atoms in total. The van der Waals surface area contributed by atoms with E-state index in [4.69, 9.17) is 0 Å². The lowest BCUT2D eigenvalue weighted by Gasteiger charge is -2.06. The molecule has 0 saturated carbocycles. The fraction of sp³-hybridized carbons (Fsp3) is 0.105. The topological polar surface area (TPSA) is 72.2 Å². The molecule has 0 atom stereocenters. The Bertz CT molecular complexity index is 906. The van der Waals surface area contributed by atoms with Crippen molar-refractivity contribution in [2.24, 2.45) is 0 Å². The molecule has 0 bridgehead atoms. The monoisotopic (exact) mass is 320 g/mol. The number of non-ortho nitro benzene ring substituents is 1. The number of carbonyl (C=O) groups excluding carboxylic acids is 1. The summed E-state index contributed by atoms with van der Waals surface area (Å²) < 4.78 is 0. The Balaban J connectivity index is 1.62. The molecule has 3 rings (SSSR count). The van der Waals surface area contributed by atoms with E-state index in [1.165, 1.54) is 12.1 Å². The molecule has 0 saturated heterocycles. The lowest BCUT2D eigenvalue weighted by atomic mass is 10.0. The summed E-state index contributed by atoms with van der Waals surface area (Å²) in [6.07, 6.45) is 0.320. The lowest BCUT2D eigenvalue weighted by molar-refractivity contribution is -0.384. The molecular formula is C19H16N2O3. The first kappa shape index (κ1) is 15.7. The zero-order valence-corrected chi connectivity index (χ0v) is 12.9. The van der Waals surface area contributed by atoms with Crippen LogP contribution >= 0.6 is 0 Å². The summed E-state index contributed by atoms with van der Waals surface area (Å²) in [6.45, 7) is 0.423. The van der Waals surface area contributed by atoms with Crippen LogP contribution in [0.5, 0.6) is 0 Å². The van der Waals surface area contributed by atoms with Crippen LogP contribution in [0, 0.1) is 10.1 Å². The zero-order chi connectivity index (χ0) is 16.9. The Morgan fingerprint density at radius 3 is 2.54 bits per heavy atom. The number of nitrogens with zero attached hydrogens (tertiary/aromatic N) is 1. The van der Waals surface area contributed by atoms with Crippen molar-refractivity contribution in [1.82, 2.24) is 0 Å². The quantitative estimate of drug-likeness (QED) is 0.414. The highest BCUT2D eigenvalue weighted by Crippen LogP contribution is 2.18. The minimum absolute atomic E-state index is 0.0286. The maximum atomic E-state index is 12.3. The second kappa shape index (κ2) is 6.91. The Hall–Kier alpha value is -3.21. The molecule has 120 valence electrons. The van der Waals surface area contributed by atoms with Gasteiger partial charge in [-0.25, -0.2) is 0 Å². The van der Waals surface area contributed by atoms with Gasteiger partial charge < -0.3 is 5.32 Å². The van der Waals surface area contributed by atoms with Gasteiger partial charge >= 0.3 is 0 Å². The summed E-state index contributed by atoms with van der Waals surface area (Å²) in [5, 5.41) is 15.9. The first-order valence-corrected chi connectivity index (χ1v) is 7.64. The third-order valence-electron chi connectivity index (χ3n) is 3.81. The van der Waals surface area contributed by atoms with E-state index in [-0.39, 0.29) is 11.5 Å². The van der Waals surface area contributed by atoms with Gasteiger partial charge in [0.1, 0.15) is 0 Å². The van der Waals surface area contributed by atoms with Crippen molar-refractivity contribution >= 4 is 27.9 Å². The van der Waals surface area contributed by atoms with E-state index in [0.29, 0.717) is 24.2 Å². The summed E-state index contributed by atoms with van der Waals surface area (Å²) in [5.74, 6) is 0.0404. The standard InChI is InChI=1S/C19H16N2O3/c22-19(16-9-8-14-4-1-2-5-15(14)12-16)10-11-20-17-6-3-7-18(13-17)21(23)24/h1-9,12-13,20H,10-11H2. The molecule has 1 N–H and O–H groups in total. The number of nitro groups is 1. The van der Waals surface area contributed by atoms with Crippen LogP contribution in [0.2, 0.25) is 0 Å². The van der Waals surface area contributed by atoms with Gasteiger partial charge in [-0.2, -0.15) is 0 Å². The number of Topliss-reactive ketones (excluding diaryl/α,β-unsaturated/α-hetero) is 1. The number of benzene rings is 3. The second-order valence-corrected chi connectivity index (χ2v) is 5.47. The van der Waals surface area contributed by atoms with Crippen molar-refractivity contribution in [3.05, 3.63) is 82.4 Å². The van der Waals surface area contributed by atoms with Crippen LogP contribution < -0.4 is 5.32 Å². The zero-order valence-electron chi connectivity index (χ0n) is 12.9. The minimum Gasteiger partial charge on any atom is -0.384 e. The maximum absolute atomic E-state index is 12.3. The number of hydrogen-bond donors (Lipinski definition) is 1. The Morgan fingerprint density at radius 1 is 0.958 bits per heavy atom. The molecule has 0 radical (unpaired) electrons. The Morgan fingerprint density at radius 2 is 1.75 bits per heavy atom. The number of ketones is 1. The molecule has 3 aromatic rings. The molecule has 0 amide bonds. The van der Waals surface area contributed by atoms with E-state index in [2.05, 4.69) is 5.32 Å². The first-order valence-electron chi connectivity index (χ1n) is 7.64. The molecule has 0 aromatic heterocycles. The number of fused-ring (bicyclic) bond motifs is 1. The molecule has 0 unspecified atom stereocenters. The molecular weight excluding hydrogens is 304 g/mol. The van der Waals surface area contributed by atoms with E-state index in [1.807, 2.05) is 42.5 Å². The number of rotatable bonds is 6. The largest absolute Gasteiger partial charge is 0.384 e. The Kier molecular flexibility index (Phi) is 4.52. The molecule has 0 heterocycles. The third kappa shape index (κ3) is 3.57. The highest BCUT2D eigenvalue weighted by Gasteiger charge is 2.08. The van der Waals surface area contributed by atoms with Gasteiger partial charge in [-0.3, -0.25) is 14.9 Å². The molecule has 0 aliphatic rings. The van der Waals surface area contributed by atoms with Crippen LogP contribution in [0.3, 0.4) is 0 Å². The molecule has 0 aliphatic heterocycles. The van der Waals surface area contributed by atoms with E-state index >= 15 is 0 Å². The van der Waals surface area contributed by atoms with Gasteiger partial charge in [0.05, 0.1) is 4.92 Å². The third-order valence-corrected chi connectivity index (χ3v) is 3.81. The SMILES string of the molecule is O=C(CCNc1cccc([N+](=O)[O-])c1)c1ccc2ccccc2c1. The van der Waals surface area contributed by atoms with E-state index in [9.17, 15) is 14.9 Å². The molecule has 0 aliphatic carbocycles. The fourth-order valence-corrected chi connectivity index (χ4v) is 2.56. The molecule has 5 heteroatoms. The number of carbonyl (C=O) groups is 1. The van der Waals surface area contributed by atoms with Gasteiger partial charge in [0.15, 0.2) is 5.78 Å². The van der Waals surface area contributed by atoms with Gasteiger partial charge in [0.2, 0.25) is 0 Å². The molecule has 0 spiro atoms. The van der Waals surface area contributed by atoms with Crippen molar-refractivity contribution in [3.8, 4) is 0 Å². The van der Waals surface area contributed by atoms with E-state index in [1.54, 1.807) is 12.1 Å². The number of hydrogen-bond acceptors (Lipinski definition) is 4. The predicted molar refractivity (Wildman–Crippen MR) is 94.5 cm³/mol. The van der Waals surface area contributed by atoms with Crippen LogP contribution in [0.25, 0.3) is 10.8 Å². The lowest BCUT2D eigenvalue weighted by Crippen LogP contribution is -2.09. The molecule has 3 aromatic carbocycles. The van der Waals surface area contributed by atoms with Crippen LogP contribution in [-0.4, -0.2) is 17.3 Å². The number of nitrogens with one attached hydrogen (secondary N) is 1. The predicted octanol–water partition coefficient (Wildman–Crippen LogP) is 4.43.